The molecule has 1 saturated heterocycles. The van der Waals surface area contributed by atoms with Crippen molar-refractivity contribution in [3.05, 3.63) is 10.6 Å². The Hall–Kier alpha value is -1.63. The molecule has 1 aromatic heterocycles. The summed E-state index contributed by atoms with van der Waals surface area (Å²) in [6.07, 6.45) is 10.8. The van der Waals surface area contributed by atoms with Crippen LogP contribution in [-0.2, 0) is 22.4 Å². The number of carbonyl (C=O) groups is 2. The first-order valence-corrected chi connectivity index (χ1v) is 12.3. The summed E-state index contributed by atoms with van der Waals surface area (Å²) in [6, 6.07) is 0.403. The zero-order chi connectivity index (χ0) is 19.8. The molecule has 1 aromatic rings. The molecule has 3 aliphatic carbocycles. The monoisotopic (exact) mass is 416 g/mol. The van der Waals surface area contributed by atoms with Crippen molar-refractivity contribution in [3.8, 4) is 0 Å². The van der Waals surface area contributed by atoms with Crippen LogP contribution in [0.25, 0.3) is 0 Å². The average Bonchev–Trinajstić information content (AvgIpc) is 3.35. The summed E-state index contributed by atoms with van der Waals surface area (Å²) in [6.45, 7) is 3.37. The minimum Gasteiger partial charge on any atom is -0.353 e. The number of hydrogen-bond donors (Lipinski definition) is 1. The number of aryl methyl sites for hydroxylation is 1. The molecule has 2 saturated carbocycles. The lowest BCUT2D eigenvalue weighted by molar-refractivity contribution is -0.138. The number of piperazine rings is 1. The Morgan fingerprint density at radius 3 is 2.38 bits per heavy atom. The van der Waals surface area contributed by atoms with Gasteiger partial charge in [-0.3, -0.25) is 9.59 Å². The molecule has 2 amide bonds. The fraction of sp³-hybridized carbons (Fsp3) is 0.773. The Labute approximate surface area is 177 Å². The molecular weight excluding hydrogens is 384 g/mol. The van der Waals surface area contributed by atoms with Crippen LogP contribution in [0.15, 0.2) is 0 Å². The maximum atomic E-state index is 12.7. The van der Waals surface area contributed by atoms with Crippen LogP contribution in [0.1, 0.15) is 61.9 Å². The highest BCUT2D eigenvalue weighted by Crippen LogP contribution is 2.35. The molecule has 0 radical (unpaired) electrons. The maximum absolute atomic E-state index is 12.7. The molecule has 5 rings (SSSR count). The van der Waals surface area contributed by atoms with Crippen molar-refractivity contribution < 1.29 is 9.59 Å². The van der Waals surface area contributed by atoms with E-state index in [0.717, 1.165) is 76.3 Å². The molecule has 7 heteroatoms. The summed E-state index contributed by atoms with van der Waals surface area (Å²) in [5, 5.41) is 4.37. The summed E-state index contributed by atoms with van der Waals surface area (Å²) in [5.41, 5.74) is 1.20. The predicted octanol–water partition coefficient (Wildman–Crippen LogP) is 2.76. The number of amides is 2. The van der Waals surface area contributed by atoms with E-state index in [4.69, 9.17) is 4.98 Å². The van der Waals surface area contributed by atoms with E-state index < -0.39 is 0 Å². The molecule has 0 spiro atoms. The summed E-state index contributed by atoms with van der Waals surface area (Å²) in [5.74, 6) is 1.01. The van der Waals surface area contributed by atoms with E-state index in [1.54, 1.807) is 11.3 Å². The summed E-state index contributed by atoms with van der Waals surface area (Å²) >= 11 is 1.77. The molecule has 2 heterocycles. The van der Waals surface area contributed by atoms with Gasteiger partial charge in [0.25, 0.3) is 0 Å². The number of nitrogens with one attached hydrogen (secondary N) is 1. The van der Waals surface area contributed by atoms with Crippen LogP contribution in [0.4, 0.5) is 5.13 Å². The van der Waals surface area contributed by atoms with E-state index in [9.17, 15) is 9.59 Å². The van der Waals surface area contributed by atoms with Gasteiger partial charge >= 0.3 is 0 Å². The Bertz CT molecular complexity index is 761. The first-order valence-electron chi connectivity index (χ1n) is 11.5. The van der Waals surface area contributed by atoms with Gasteiger partial charge in [-0.1, -0.05) is 19.3 Å². The van der Waals surface area contributed by atoms with Crippen LogP contribution in [0.2, 0.25) is 0 Å². The lowest BCUT2D eigenvalue weighted by Crippen LogP contribution is -2.51. The van der Waals surface area contributed by atoms with E-state index in [1.807, 2.05) is 0 Å². The van der Waals surface area contributed by atoms with Gasteiger partial charge in [-0.2, -0.15) is 0 Å². The number of hydrogen-bond acceptors (Lipinski definition) is 5. The molecule has 0 unspecified atom stereocenters. The molecule has 4 aliphatic rings. The Balaban J connectivity index is 1.16. The summed E-state index contributed by atoms with van der Waals surface area (Å²) in [7, 11) is 0. The number of fused-ring (bicyclic) bond motifs is 1. The topological polar surface area (TPSA) is 65.5 Å². The largest absolute Gasteiger partial charge is 0.353 e. The van der Waals surface area contributed by atoms with Crippen LogP contribution in [0.3, 0.4) is 0 Å². The quantitative estimate of drug-likeness (QED) is 0.820. The van der Waals surface area contributed by atoms with Crippen molar-refractivity contribution >= 4 is 28.3 Å². The Kier molecular flexibility index (Phi) is 5.50. The molecule has 6 nitrogen and oxygen atoms in total. The van der Waals surface area contributed by atoms with Gasteiger partial charge in [0.2, 0.25) is 11.8 Å². The number of rotatable bonds is 4. The van der Waals surface area contributed by atoms with Crippen molar-refractivity contribution in [2.75, 3.05) is 31.1 Å². The van der Waals surface area contributed by atoms with E-state index in [1.165, 1.54) is 29.8 Å². The van der Waals surface area contributed by atoms with Gasteiger partial charge < -0.3 is 15.1 Å². The fourth-order valence-corrected chi connectivity index (χ4v) is 6.38. The third-order valence-electron chi connectivity index (χ3n) is 7.32. The van der Waals surface area contributed by atoms with Crippen LogP contribution in [0, 0.1) is 11.8 Å². The Morgan fingerprint density at radius 2 is 1.69 bits per heavy atom. The van der Waals surface area contributed by atoms with Crippen LogP contribution < -0.4 is 10.2 Å². The van der Waals surface area contributed by atoms with Crippen molar-refractivity contribution in [1.29, 1.82) is 0 Å². The van der Waals surface area contributed by atoms with Gasteiger partial charge in [0.15, 0.2) is 5.13 Å². The van der Waals surface area contributed by atoms with E-state index in [-0.39, 0.29) is 11.8 Å². The van der Waals surface area contributed by atoms with Gasteiger partial charge in [-0.25, -0.2) is 4.98 Å². The highest BCUT2D eigenvalue weighted by Gasteiger charge is 2.33. The van der Waals surface area contributed by atoms with Crippen molar-refractivity contribution in [3.63, 3.8) is 0 Å². The van der Waals surface area contributed by atoms with Crippen LogP contribution in [-0.4, -0.2) is 53.9 Å². The predicted molar refractivity (Wildman–Crippen MR) is 114 cm³/mol. The number of thiazole rings is 1. The molecule has 1 atom stereocenters. The number of carbonyl (C=O) groups excluding carboxylic acids is 2. The average molecular weight is 417 g/mol. The third kappa shape index (κ3) is 4.03. The molecule has 1 aliphatic heterocycles. The van der Waals surface area contributed by atoms with Gasteiger partial charge in [0.05, 0.1) is 5.69 Å². The highest BCUT2D eigenvalue weighted by atomic mass is 32.1. The molecule has 158 valence electrons. The molecule has 3 fully saturated rings. The molecule has 0 bridgehead atoms. The molecular formula is C22H32N4O2S. The smallest absolute Gasteiger partial charge is 0.225 e. The minimum absolute atomic E-state index is 0.105. The summed E-state index contributed by atoms with van der Waals surface area (Å²) < 4.78 is 0. The van der Waals surface area contributed by atoms with Crippen molar-refractivity contribution in [2.24, 2.45) is 11.8 Å². The van der Waals surface area contributed by atoms with Gasteiger partial charge in [-0.05, 0) is 44.9 Å². The number of anilines is 1. The standard InChI is InChI=1S/C22H32N4O2S/c27-20(23-17-6-1-2-7-17)16-8-9-18-19(14-16)29-22(24-18)26-12-10-25(11-13-26)21(28)15-4-3-5-15/h15-17H,1-14H2,(H,23,27)/t16-/m0/s1. The van der Waals surface area contributed by atoms with Crippen molar-refractivity contribution in [1.82, 2.24) is 15.2 Å². The van der Waals surface area contributed by atoms with Crippen LogP contribution >= 0.6 is 11.3 Å². The van der Waals surface area contributed by atoms with E-state index in [2.05, 4.69) is 15.1 Å². The first-order chi connectivity index (χ1) is 14.2. The van der Waals surface area contributed by atoms with Crippen LogP contribution in [0.5, 0.6) is 0 Å². The van der Waals surface area contributed by atoms with E-state index >= 15 is 0 Å². The maximum Gasteiger partial charge on any atom is 0.225 e. The lowest BCUT2D eigenvalue weighted by atomic mass is 9.84. The third-order valence-corrected chi connectivity index (χ3v) is 8.50. The lowest BCUT2D eigenvalue weighted by Gasteiger charge is -2.38. The van der Waals surface area contributed by atoms with Crippen molar-refractivity contribution in [2.45, 2.75) is 70.3 Å². The van der Waals surface area contributed by atoms with Gasteiger partial charge in [0.1, 0.15) is 0 Å². The zero-order valence-corrected chi connectivity index (χ0v) is 18.0. The minimum atomic E-state index is 0.105. The molecule has 29 heavy (non-hydrogen) atoms. The second-order valence-electron chi connectivity index (χ2n) is 9.24. The van der Waals surface area contributed by atoms with Gasteiger partial charge in [0, 0.05) is 48.9 Å². The second kappa shape index (κ2) is 8.25. The number of nitrogens with zero attached hydrogens (tertiary/aromatic N) is 3. The number of aromatic nitrogens is 1. The fourth-order valence-electron chi connectivity index (χ4n) is 5.14. The highest BCUT2D eigenvalue weighted by molar-refractivity contribution is 7.15. The zero-order valence-electron chi connectivity index (χ0n) is 17.2. The SMILES string of the molecule is O=C(NC1CCCC1)[C@H]1CCc2nc(N3CCN(C(=O)C4CCC4)CC3)sc2C1. The summed E-state index contributed by atoms with van der Waals surface area (Å²) in [4.78, 5) is 35.7. The Morgan fingerprint density at radius 1 is 0.931 bits per heavy atom. The first kappa shape index (κ1) is 19.3. The van der Waals surface area contributed by atoms with E-state index in [0.29, 0.717) is 17.9 Å². The van der Waals surface area contributed by atoms with Gasteiger partial charge in [-0.15, -0.1) is 11.3 Å². The molecule has 0 aromatic carbocycles. The molecule has 1 N–H and O–H groups in total. The second-order valence-corrected chi connectivity index (χ2v) is 10.3. The normalized spacial score (nSPS) is 25.6.